The van der Waals surface area contributed by atoms with E-state index in [1.807, 2.05) is 18.2 Å². The molecule has 9 nitrogen and oxygen atoms in total. The van der Waals surface area contributed by atoms with Crippen LogP contribution < -0.4 is 10.6 Å². The van der Waals surface area contributed by atoms with E-state index in [9.17, 15) is 8.42 Å². The molecule has 1 aliphatic rings. The Morgan fingerprint density at radius 2 is 2.11 bits per heavy atom. The minimum Gasteiger partial charge on any atom is -0.367 e. The molecule has 1 aliphatic carbocycles. The third-order valence-electron chi connectivity index (χ3n) is 4.26. The molecule has 138 valence electrons. The molecule has 1 aromatic carbocycles. The maximum atomic E-state index is 12.1. The number of anilines is 3. The van der Waals surface area contributed by atoms with Crippen LogP contribution in [-0.2, 0) is 9.84 Å². The van der Waals surface area contributed by atoms with Crippen LogP contribution in [0.1, 0.15) is 12.8 Å². The molecule has 0 aliphatic heterocycles. The highest BCUT2D eigenvalue weighted by Gasteiger charge is 2.27. The number of thiazole rings is 1. The van der Waals surface area contributed by atoms with E-state index in [1.54, 1.807) is 16.8 Å². The molecule has 1 saturated carbocycles. The number of aromatic amines is 1. The highest BCUT2D eigenvalue weighted by molar-refractivity contribution is 7.90. The van der Waals surface area contributed by atoms with E-state index in [1.165, 1.54) is 0 Å². The molecule has 27 heavy (non-hydrogen) atoms. The Morgan fingerprint density at radius 3 is 2.89 bits per heavy atom. The van der Waals surface area contributed by atoms with Gasteiger partial charge in [0.15, 0.2) is 20.5 Å². The first kappa shape index (κ1) is 16.4. The average Bonchev–Trinajstić information content (AvgIpc) is 3.13. The number of nitrogens with zero attached hydrogens (tertiary/aromatic N) is 4. The summed E-state index contributed by atoms with van der Waals surface area (Å²) in [6, 6.07) is 6.09. The van der Waals surface area contributed by atoms with Crippen LogP contribution in [0.15, 0.2) is 28.7 Å². The van der Waals surface area contributed by atoms with Crippen LogP contribution in [0.3, 0.4) is 0 Å². The molecule has 4 aromatic rings. The molecular weight excluding hydrogens is 386 g/mol. The lowest BCUT2D eigenvalue weighted by Crippen LogP contribution is -2.08. The van der Waals surface area contributed by atoms with Crippen LogP contribution in [-0.4, -0.2) is 45.9 Å². The van der Waals surface area contributed by atoms with Crippen LogP contribution in [0.5, 0.6) is 0 Å². The fourth-order valence-corrected chi connectivity index (χ4v) is 4.30. The number of hydrogen-bond acceptors (Lipinski definition) is 9. The third-order valence-corrected chi connectivity index (χ3v) is 6.09. The maximum absolute atomic E-state index is 12.1. The minimum atomic E-state index is -3.48. The number of fused-ring (bicyclic) bond motifs is 2. The lowest BCUT2D eigenvalue weighted by molar-refractivity contribution is 0.598. The third kappa shape index (κ3) is 3.08. The molecule has 0 spiro atoms. The largest absolute Gasteiger partial charge is 0.367 e. The molecule has 3 heterocycles. The van der Waals surface area contributed by atoms with Gasteiger partial charge in [-0.3, -0.25) is 5.10 Å². The zero-order chi connectivity index (χ0) is 18.6. The van der Waals surface area contributed by atoms with Crippen molar-refractivity contribution in [3.05, 3.63) is 23.7 Å². The number of rotatable bonds is 5. The monoisotopic (exact) mass is 401 g/mol. The van der Waals surface area contributed by atoms with Gasteiger partial charge in [0.25, 0.3) is 0 Å². The zero-order valence-corrected chi connectivity index (χ0v) is 15.9. The Morgan fingerprint density at radius 1 is 1.26 bits per heavy atom. The Labute approximate surface area is 158 Å². The van der Waals surface area contributed by atoms with E-state index in [-0.39, 0.29) is 5.03 Å². The van der Waals surface area contributed by atoms with Gasteiger partial charge < -0.3 is 10.6 Å². The second-order valence-electron chi connectivity index (χ2n) is 6.50. The first-order chi connectivity index (χ1) is 13.0. The first-order valence-electron chi connectivity index (χ1n) is 8.30. The molecule has 0 radical (unpaired) electrons. The highest BCUT2D eigenvalue weighted by atomic mass is 32.2. The smallest absolute Gasteiger partial charge is 0.231 e. The van der Waals surface area contributed by atoms with Crippen molar-refractivity contribution in [3.63, 3.8) is 0 Å². The van der Waals surface area contributed by atoms with E-state index in [2.05, 4.69) is 35.8 Å². The fraction of sp³-hybridized carbons (Fsp3) is 0.250. The van der Waals surface area contributed by atoms with E-state index < -0.39 is 9.84 Å². The van der Waals surface area contributed by atoms with Crippen molar-refractivity contribution in [3.8, 4) is 0 Å². The standard InChI is InChI=1S/C16H15N7O2S2/c1-27(24,25)15-12-13(18-8-2-3-8)20-16(21-14(12)22-23-15)19-9-4-5-10-11(6-9)26-7-17-10/h4-8H,2-3H2,1H3,(H3,18,19,20,21,22,23). The Hall–Kier alpha value is -2.79. The summed E-state index contributed by atoms with van der Waals surface area (Å²) >= 11 is 1.55. The van der Waals surface area contributed by atoms with Crippen molar-refractivity contribution < 1.29 is 8.42 Å². The predicted octanol–water partition coefficient (Wildman–Crippen LogP) is 2.68. The van der Waals surface area contributed by atoms with Crippen LogP contribution in [0.4, 0.5) is 17.5 Å². The van der Waals surface area contributed by atoms with Crippen LogP contribution in [0.2, 0.25) is 0 Å². The van der Waals surface area contributed by atoms with Crippen LogP contribution >= 0.6 is 11.3 Å². The summed E-state index contributed by atoms with van der Waals surface area (Å²) in [5.74, 6) is 0.819. The topological polar surface area (TPSA) is 126 Å². The van der Waals surface area contributed by atoms with Gasteiger partial charge in [-0.1, -0.05) is 0 Å². The van der Waals surface area contributed by atoms with Crippen molar-refractivity contribution in [2.45, 2.75) is 23.9 Å². The molecule has 11 heteroatoms. The second kappa shape index (κ2) is 5.86. The van der Waals surface area contributed by atoms with Gasteiger partial charge in [-0.25, -0.2) is 13.4 Å². The molecule has 0 bridgehead atoms. The minimum absolute atomic E-state index is 0.0262. The summed E-state index contributed by atoms with van der Waals surface area (Å²) < 4.78 is 25.2. The highest BCUT2D eigenvalue weighted by Crippen LogP contribution is 2.32. The summed E-state index contributed by atoms with van der Waals surface area (Å²) in [6.07, 6.45) is 3.20. The molecule has 1 fully saturated rings. The van der Waals surface area contributed by atoms with E-state index >= 15 is 0 Å². The molecule has 5 rings (SSSR count). The molecule has 0 unspecified atom stereocenters. The lowest BCUT2D eigenvalue weighted by Gasteiger charge is -2.10. The Kier molecular flexibility index (Phi) is 3.56. The SMILES string of the molecule is CS(=O)(=O)c1[nH]nc2nc(Nc3ccc4ncsc4c3)nc(NC3CC3)c12. The van der Waals surface area contributed by atoms with Crippen molar-refractivity contribution in [1.29, 1.82) is 0 Å². The summed E-state index contributed by atoms with van der Waals surface area (Å²) in [6.45, 7) is 0. The zero-order valence-electron chi connectivity index (χ0n) is 14.2. The Balaban J connectivity index is 1.60. The molecule has 0 atom stereocenters. The van der Waals surface area contributed by atoms with Crippen molar-refractivity contribution >= 4 is 59.9 Å². The van der Waals surface area contributed by atoms with E-state index in [0.29, 0.717) is 28.8 Å². The van der Waals surface area contributed by atoms with Crippen molar-refractivity contribution in [2.24, 2.45) is 0 Å². The molecule has 0 saturated heterocycles. The molecule has 3 N–H and O–H groups in total. The van der Waals surface area contributed by atoms with Gasteiger partial charge in [-0.2, -0.15) is 15.1 Å². The summed E-state index contributed by atoms with van der Waals surface area (Å²) in [5.41, 5.74) is 3.85. The summed E-state index contributed by atoms with van der Waals surface area (Å²) in [4.78, 5) is 13.2. The van der Waals surface area contributed by atoms with Gasteiger partial charge in [0.05, 0.1) is 15.7 Å². The number of hydrogen-bond donors (Lipinski definition) is 3. The van der Waals surface area contributed by atoms with E-state index in [4.69, 9.17) is 0 Å². The first-order valence-corrected chi connectivity index (χ1v) is 11.1. The van der Waals surface area contributed by atoms with Gasteiger partial charge >= 0.3 is 0 Å². The lowest BCUT2D eigenvalue weighted by atomic mass is 10.3. The number of aromatic nitrogens is 5. The van der Waals surface area contributed by atoms with Gasteiger partial charge in [0, 0.05) is 18.0 Å². The quantitative estimate of drug-likeness (QED) is 0.466. The average molecular weight is 401 g/mol. The Bertz CT molecular complexity index is 1270. The fourth-order valence-electron chi connectivity index (χ4n) is 2.81. The number of nitrogens with one attached hydrogen (secondary N) is 3. The van der Waals surface area contributed by atoms with Gasteiger partial charge in [0.1, 0.15) is 11.2 Å². The summed E-state index contributed by atoms with van der Waals surface area (Å²) in [5, 5.41) is 13.5. The van der Waals surface area contributed by atoms with Crippen molar-refractivity contribution in [2.75, 3.05) is 16.9 Å². The van der Waals surface area contributed by atoms with Crippen LogP contribution in [0, 0.1) is 0 Å². The van der Waals surface area contributed by atoms with Gasteiger partial charge in [-0.15, -0.1) is 11.3 Å². The second-order valence-corrected chi connectivity index (χ2v) is 9.34. The normalized spacial score (nSPS) is 14.7. The number of H-pyrrole nitrogens is 1. The van der Waals surface area contributed by atoms with Crippen LogP contribution in [0.25, 0.3) is 21.3 Å². The molecular formula is C16H15N7O2S2. The molecule has 0 amide bonds. The number of sulfone groups is 1. The summed E-state index contributed by atoms with van der Waals surface area (Å²) in [7, 11) is -3.48. The molecule has 3 aromatic heterocycles. The van der Waals surface area contributed by atoms with Crippen molar-refractivity contribution in [1.82, 2.24) is 25.1 Å². The number of benzene rings is 1. The van der Waals surface area contributed by atoms with Gasteiger partial charge in [0.2, 0.25) is 5.95 Å². The van der Waals surface area contributed by atoms with E-state index in [0.717, 1.165) is 35.0 Å². The maximum Gasteiger partial charge on any atom is 0.231 e. The predicted molar refractivity (Wildman–Crippen MR) is 104 cm³/mol. The van der Waals surface area contributed by atoms with Gasteiger partial charge in [-0.05, 0) is 31.0 Å².